The molecule has 0 unspecified atom stereocenters. The third-order valence-corrected chi connectivity index (χ3v) is 8.06. The number of carbonyl (C=O) groups is 1. The molecule has 1 aromatic heterocycles. The van der Waals surface area contributed by atoms with Gasteiger partial charge < -0.3 is 9.80 Å². The Morgan fingerprint density at radius 1 is 1.00 bits per heavy atom. The van der Waals surface area contributed by atoms with Crippen molar-refractivity contribution in [3.05, 3.63) is 83.7 Å². The van der Waals surface area contributed by atoms with Gasteiger partial charge in [-0.3, -0.25) is 14.1 Å². The quantitative estimate of drug-likeness (QED) is 0.557. The fourth-order valence-corrected chi connectivity index (χ4v) is 5.41. The Morgan fingerprint density at radius 3 is 2.41 bits per heavy atom. The second-order valence-corrected chi connectivity index (χ2v) is 10.8. The van der Waals surface area contributed by atoms with Gasteiger partial charge in [0.25, 0.3) is 15.9 Å². The number of hydrogen-bond acceptors (Lipinski definition) is 5. The van der Waals surface area contributed by atoms with E-state index < -0.39 is 10.0 Å². The van der Waals surface area contributed by atoms with Gasteiger partial charge >= 0.3 is 0 Å². The van der Waals surface area contributed by atoms with Gasteiger partial charge in [-0.1, -0.05) is 29.8 Å². The predicted molar refractivity (Wildman–Crippen MR) is 135 cm³/mol. The largest absolute Gasteiger partial charge is 0.365 e. The second kappa shape index (κ2) is 9.46. The number of pyridine rings is 1. The third kappa shape index (κ3) is 4.77. The molecule has 1 saturated heterocycles. The number of amides is 1. The molecular formula is C26H30N4O3S. The number of benzene rings is 2. The highest BCUT2D eigenvalue weighted by atomic mass is 32.2. The van der Waals surface area contributed by atoms with Crippen molar-refractivity contribution in [3.63, 3.8) is 0 Å². The standard InChI is InChI=1S/C26H30N4O3S/c1-19-8-10-25(11-9-19)34(32,33)28(4)24-15-22(16-27-17-24)26(31)29-12-13-30(21(3)18-29)23-7-5-6-20(2)14-23/h5-11,14-17,21H,12-13,18H2,1-4H3/t21-/m1/s1. The smallest absolute Gasteiger partial charge is 0.264 e. The lowest BCUT2D eigenvalue weighted by atomic mass is 10.1. The van der Waals surface area contributed by atoms with Crippen LogP contribution >= 0.6 is 0 Å². The Balaban J connectivity index is 1.50. The van der Waals surface area contributed by atoms with Crippen LogP contribution in [-0.4, -0.2) is 56.9 Å². The lowest BCUT2D eigenvalue weighted by molar-refractivity contribution is 0.0726. The maximum atomic E-state index is 13.3. The van der Waals surface area contributed by atoms with Crippen molar-refractivity contribution in [2.24, 2.45) is 0 Å². The maximum absolute atomic E-state index is 13.3. The summed E-state index contributed by atoms with van der Waals surface area (Å²) in [6, 6.07) is 16.8. The molecule has 1 amide bonds. The zero-order valence-corrected chi connectivity index (χ0v) is 20.8. The molecule has 2 heterocycles. The summed E-state index contributed by atoms with van der Waals surface area (Å²) in [7, 11) is -2.29. The molecule has 4 rings (SSSR count). The van der Waals surface area contributed by atoms with Crippen LogP contribution in [0.4, 0.5) is 11.4 Å². The van der Waals surface area contributed by atoms with Crippen LogP contribution in [0.3, 0.4) is 0 Å². The van der Waals surface area contributed by atoms with Gasteiger partial charge in [-0.2, -0.15) is 0 Å². The Hall–Kier alpha value is -3.39. The summed E-state index contributed by atoms with van der Waals surface area (Å²) in [5.41, 5.74) is 4.06. The molecule has 0 spiro atoms. The van der Waals surface area contributed by atoms with Crippen molar-refractivity contribution in [2.75, 3.05) is 35.9 Å². The summed E-state index contributed by atoms with van der Waals surface area (Å²) in [5, 5.41) is 0. The number of hydrogen-bond donors (Lipinski definition) is 0. The summed E-state index contributed by atoms with van der Waals surface area (Å²) >= 11 is 0. The van der Waals surface area contributed by atoms with Crippen molar-refractivity contribution >= 4 is 27.3 Å². The lowest BCUT2D eigenvalue weighted by Gasteiger charge is -2.41. The molecule has 2 aromatic carbocycles. The summed E-state index contributed by atoms with van der Waals surface area (Å²) in [5.74, 6) is -0.147. The Kier molecular flexibility index (Phi) is 6.61. The molecule has 0 N–H and O–H groups in total. The first-order valence-electron chi connectivity index (χ1n) is 11.3. The summed E-state index contributed by atoms with van der Waals surface area (Å²) < 4.78 is 27.3. The first kappa shape index (κ1) is 23.8. The van der Waals surface area contributed by atoms with E-state index in [1.165, 1.54) is 29.3 Å². The highest BCUT2D eigenvalue weighted by Gasteiger charge is 2.29. The van der Waals surface area contributed by atoms with Gasteiger partial charge in [0, 0.05) is 44.6 Å². The van der Waals surface area contributed by atoms with Crippen molar-refractivity contribution in [1.29, 1.82) is 0 Å². The predicted octanol–water partition coefficient (Wildman–Crippen LogP) is 3.87. The van der Waals surface area contributed by atoms with E-state index in [1.54, 1.807) is 30.3 Å². The molecule has 3 aromatic rings. The molecule has 1 atom stereocenters. The molecule has 7 nitrogen and oxygen atoms in total. The van der Waals surface area contributed by atoms with Crippen LogP contribution in [0.5, 0.6) is 0 Å². The van der Waals surface area contributed by atoms with Crippen molar-refractivity contribution in [1.82, 2.24) is 9.88 Å². The van der Waals surface area contributed by atoms with Crippen LogP contribution in [0, 0.1) is 13.8 Å². The number of anilines is 2. The van der Waals surface area contributed by atoms with Crippen molar-refractivity contribution in [2.45, 2.75) is 31.7 Å². The third-order valence-electron chi connectivity index (χ3n) is 6.26. The minimum atomic E-state index is -3.76. The molecule has 0 saturated carbocycles. The van der Waals surface area contributed by atoms with E-state index in [0.717, 1.165) is 17.8 Å². The number of sulfonamides is 1. The topological polar surface area (TPSA) is 73.8 Å². The van der Waals surface area contributed by atoms with Crippen LogP contribution in [0.1, 0.15) is 28.4 Å². The number of aryl methyl sites for hydroxylation is 2. The second-order valence-electron chi connectivity index (χ2n) is 8.85. The van der Waals surface area contributed by atoms with E-state index >= 15 is 0 Å². The number of carbonyl (C=O) groups excluding carboxylic acids is 1. The number of nitrogens with zero attached hydrogens (tertiary/aromatic N) is 4. The molecule has 0 aliphatic carbocycles. The van der Waals surface area contributed by atoms with E-state index in [9.17, 15) is 13.2 Å². The highest BCUT2D eigenvalue weighted by Crippen LogP contribution is 2.25. The van der Waals surface area contributed by atoms with Gasteiger partial charge in [0.2, 0.25) is 0 Å². The van der Waals surface area contributed by atoms with E-state index in [1.807, 2.05) is 17.9 Å². The van der Waals surface area contributed by atoms with E-state index in [4.69, 9.17) is 0 Å². The van der Waals surface area contributed by atoms with Gasteiger partial charge in [0.15, 0.2) is 0 Å². The Bertz CT molecular complexity index is 1290. The molecule has 1 aliphatic rings. The fraction of sp³-hybridized carbons (Fsp3) is 0.308. The summed E-state index contributed by atoms with van der Waals surface area (Å²) in [4.78, 5) is 21.8. The zero-order chi connectivity index (χ0) is 24.5. The van der Waals surface area contributed by atoms with E-state index in [0.29, 0.717) is 24.3 Å². The van der Waals surface area contributed by atoms with Gasteiger partial charge in [-0.15, -0.1) is 0 Å². The molecule has 1 fully saturated rings. The number of piperazine rings is 1. The average molecular weight is 479 g/mol. The summed E-state index contributed by atoms with van der Waals surface area (Å²) in [6.07, 6.45) is 2.95. The Labute approximate surface area is 201 Å². The summed E-state index contributed by atoms with van der Waals surface area (Å²) in [6.45, 7) is 7.97. The monoisotopic (exact) mass is 478 g/mol. The van der Waals surface area contributed by atoms with Gasteiger partial charge in [-0.05, 0) is 56.7 Å². The zero-order valence-electron chi connectivity index (χ0n) is 20.0. The molecule has 1 aliphatic heterocycles. The Morgan fingerprint density at radius 2 is 1.74 bits per heavy atom. The molecular weight excluding hydrogens is 448 g/mol. The molecule has 34 heavy (non-hydrogen) atoms. The van der Waals surface area contributed by atoms with Crippen LogP contribution in [0.15, 0.2) is 71.9 Å². The van der Waals surface area contributed by atoms with Crippen LogP contribution < -0.4 is 9.21 Å². The van der Waals surface area contributed by atoms with Crippen LogP contribution in [0.2, 0.25) is 0 Å². The SMILES string of the molecule is Cc1ccc(S(=O)(=O)N(C)c2cncc(C(=O)N3CCN(c4cccc(C)c4)[C@H](C)C3)c2)cc1. The molecule has 0 bridgehead atoms. The number of rotatable bonds is 5. The van der Waals surface area contributed by atoms with Crippen LogP contribution in [-0.2, 0) is 10.0 Å². The molecule has 0 radical (unpaired) electrons. The van der Waals surface area contributed by atoms with Crippen LogP contribution in [0.25, 0.3) is 0 Å². The van der Waals surface area contributed by atoms with Gasteiger partial charge in [0.05, 0.1) is 22.3 Å². The molecule has 178 valence electrons. The highest BCUT2D eigenvalue weighted by molar-refractivity contribution is 7.92. The lowest BCUT2D eigenvalue weighted by Crippen LogP contribution is -2.53. The minimum Gasteiger partial charge on any atom is -0.365 e. The average Bonchev–Trinajstić information content (AvgIpc) is 2.83. The molecule has 8 heteroatoms. The first-order valence-corrected chi connectivity index (χ1v) is 12.7. The van der Waals surface area contributed by atoms with Crippen molar-refractivity contribution < 1.29 is 13.2 Å². The number of aromatic nitrogens is 1. The maximum Gasteiger partial charge on any atom is 0.264 e. The fourth-order valence-electron chi connectivity index (χ4n) is 4.24. The normalized spacial score (nSPS) is 16.4. The van der Waals surface area contributed by atoms with Gasteiger partial charge in [-0.25, -0.2) is 8.42 Å². The van der Waals surface area contributed by atoms with E-state index in [2.05, 4.69) is 41.9 Å². The van der Waals surface area contributed by atoms with E-state index in [-0.39, 0.29) is 16.8 Å². The van der Waals surface area contributed by atoms with Gasteiger partial charge in [0.1, 0.15) is 0 Å². The first-order chi connectivity index (χ1) is 16.2. The van der Waals surface area contributed by atoms with Crippen molar-refractivity contribution in [3.8, 4) is 0 Å². The minimum absolute atomic E-state index is 0.147.